The van der Waals surface area contributed by atoms with Gasteiger partial charge in [-0.2, -0.15) is 8.42 Å². The van der Waals surface area contributed by atoms with Gasteiger partial charge < -0.3 is 40.3 Å². The minimum Gasteiger partial charge on any atom is -0.394 e. The van der Waals surface area contributed by atoms with E-state index in [9.17, 15) is 43.3 Å². The van der Waals surface area contributed by atoms with Crippen LogP contribution < -0.4 is 5.32 Å². The zero-order valence-electron chi connectivity index (χ0n) is 42.5. The molecule has 0 aliphatic carbocycles. The average Bonchev–Trinajstić information content (AvgIpc) is 3.31. The van der Waals surface area contributed by atoms with Gasteiger partial charge in [0, 0.05) is 0 Å². The third-order valence-corrected chi connectivity index (χ3v) is 13.1. The number of rotatable bonds is 46. The maximum Gasteiger partial charge on any atom is 0.397 e. The van der Waals surface area contributed by atoms with Crippen LogP contribution in [0.25, 0.3) is 0 Å². The Kier molecular flexibility index (Phi) is 41.2. The molecule has 1 amide bonds. The summed E-state index contributed by atoms with van der Waals surface area (Å²) in [7, 11) is -5.13. The van der Waals surface area contributed by atoms with Crippen molar-refractivity contribution in [3.63, 3.8) is 0 Å². The standard InChI is InChI=1S/C54H99NO12S/c1-3-5-7-9-11-13-15-17-19-21-23-25-27-29-31-33-35-37-39-41-43-48(58)53(61)55-46(45-65-54-51(60)52(67-68(62,63)64)50(59)49(44-56)66-54)47(57)42-40-38-36-34-32-30-28-26-24-22-20-18-16-14-12-10-8-6-4-2/h24-27,32,34,40,42,46-52,54,56-60H,3-23,28-31,33,35-39,41,43-45H2,1-2H3,(H,55,61)(H,62,63,64)/b26-24+,27-25-,34-32+,42-40+. The summed E-state index contributed by atoms with van der Waals surface area (Å²) in [6.07, 6.45) is 43.3. The predicted octanol–water partition coefficient (Wildman–Crippen LogP) is 11.0. The Labute approximate surface area is 413 Å². The van der Waals surface area contributed by atoms with Crippen molar-refractivity contribution >= 4 is 16.3 Å². The molecular weight excluding hydrogens is 887 g/mol. The number of nitrogens with one attached hydrogen (secondary N) is 1. The minimum atomic E-state index is -5.13. The first-order chi connectivity index (χ1) is 32.9. The molecule has 1 rings (SSSR count). The molecule has 0 aromatic heterocycles. The van der Waals surface area contributed by atoms with Crippen LogP contribution in [0.4, 0.5) is 0 Å². The van der Waals surface area contributed by atoms with Gasteiger partial charge in [0.05, 0.1) is 25.4 Å². The van der Waals surface area contributed by atoms with Gasteiger partial charge in [-0.15, -0.1) is 0 Å². The van der Waals surface area contributed by atoms with E-state index in [1.807, 2.05) is 0 Å². The molecule has 14 heteroatoms. The Morgan fingerprint density at radius 3 is 1.41 bits per heavy atom. The van der Waals surface area contributed by atoms with E-state index in [-0.39, 0.29) is 6.42 Å². The van der Waals surface area contributed by atoms with Crippen LogP contribution >= 0.6 is 0 Å². The maximum atomic E-state index is 13.2. The van der Waals surface area contributed by atoms with Crippen LogP contribution in [-0.2, 0) is 28.9 Å². The van der Waals surface area contributed by atoms with Gasteiger partial charge in [-0.05, 0) is 70.6 Å². The first-order valence-electron chi connectivity index (χ1n) is 27.1. The zero-order chi connectivity index (χ0) is 49.9. The summed E-state index contributed by atoms with van der Waals surface area (Å²) in [6, 6.07) is -1.15. The highest BCUT2D eigenvalue weighted by molar-refractivity contribution is 7.80. The second kappa shape index (κ2) is 43.8. The highest BCUT2D eigenvalue weighted by Gasteiger charge is 2.48. The van der Waals surface area contributed by atoms with E-state index in [2.05, 4.69) is 59.8 Å². The lowest BCUT2D eigenvalue weighted by Crippen LogP contribution is -2.61. The fourth-order valence-electron chi connectivity index (χ4n) is 8.37. The topological polar surface area (TPSA) is 212 Å². The van der Waals surface area contributed by atoms with Crippen LogP contribution in [0.3, 0.4) is 0 Å². The van der Waals surface area contributed by atoms with Crippen molar-refractivity contribution in [3.05, 3.63) is 48.6 Å². The number of ether oxygens (including phenoxy) is 2. The van der Waals surface area contributed by atoms with Crippen LogP contribution in [0, 0.1) is 0 Å². The first kappa shape index (κ1) is 64.0. The lowest BCUT2D eigenvalue weighted by atomic mass is 9.99. The Balaban J connectivity index is 2.53. The van der Waals surface area contributed by atoms with E-state index in [4.69, 9.17) is 9.47 Å². The van der Waals surface area contributed by atoms with Crippen molar-refractivity contribution in [2.45, 2.75) is 275 Å². The van der Waals surface area contributed by atoms with Gasteiger partial charge >= 0.3 is 10.4 Å². The Bertz CT molecular complexity index is 1410. The minimum absolute atomic E-state index is 0.226. The number of unbranched alkanes of at least 4 members (excludes halogenated alkanes) is 27. The lowest BCUT2D eigenvalue weighted by molar-refractivity contribution is -0.298. The molecule has 0 aromatic rings. The number of allylic oxidation sites excluding steroid dienone is 7. The van der Waals surface area contributed by atoms with Crippen LogP contribution in [0.5, 0.6) is 0 Å². The number of carbonyl (C=O) groups excluding carboxylic acids is 1. The molecule has 1 aliphatic heterocycles. The quantitative estimate of drug-likeness (QED) is 0.0172. The Morgan fingerprint density at radius 2 is 0.985 bits per heavy atom. The van der Waals surface area contributed by atoms with E-state index in [0.717, 1.165) is 70.6 Å². The number of hydrogen-bond acceptors (Lipinski definition) is 11. The maximum absolute atomic E-state index is 13.2. The molecule has 68 heavy (non-hydrogen) atoms. The molecule has 1 fully saturated rings. The fourth-order valence-corrected chi connectivity index (χ4v) is 8.88. The highest BCUT2D eigenvalue weighted by Crippen LogP contribution is 2.26. The Hall–Kier alpha value is -1.98. The van der Waals surface area contributed by atoms with Crippen molar-refractivity contribution in [3.8, 4) is 0 Å². The van der Waals surface area contributed by atoms with E-state index in [0.29, 0.717) is 12.8 Å². The number of amides is 1. The second-order valence-electron chi connectivity index (χ2n) is 18.9. The van der Waals surface area contributed by atoms with Crippen LogP contribution in [-0.4, -0.2) is 107 Å². The van der Waals surface area contributed by atoms with Gasteiger partial charge in [0.15, 0.2) is 6.29 Å². The van der Waals surface area contributed by atoms with Crippen molar-refractivity contribution in [1.29, 1.82) is 0 Å². The van der Waals surface area contributed by atoms with Gasteiger partial charge in [0.25, 0.3) is 0 Å². The van der Waals surface area contributed by atoms with Gasteiger partial charge in [0.2, 0.25) is 5.91 Å². The predicted molar refractivity (Wildman–Crippen MR) is 274 cm³/mol. The molecule has 0 spiro atoms. The number of aliphatic hydroxyl groups excluding tert-OH is 5. The average molecular weight is 986 g/mol. The van der Waals surface area contributed by atoms with Gasteiger partial charge in [0.1, 0.15) is 30.5 Å². The van der Waals surface area contributed by atoms with Crippen molar-refractivity contribution < 1.29 is 57.0 Å². The van der Waals surface area contributed by atoms with Crippen molar-refractivity contribution in [2.75, 3.05) is 13.2 Å². The largest absolute Gasteiger partial charge is 0.397 e. The zero-order valence-corrected chi connectivity index (χ0v) is 43.3. The molecule has 7 N–H and O–H groups in total. The molecule has 1 saturated heterocycles. The molecule has 398 valence electrons. The molecule has 0 saturated carbocycles. The molecule has 8 atom stereocenters. The first-order valence-corrected chi connectivity index (χ1v) is 28.5. The van der Waals surface area contributed by atoms with E-state index < -0.39 is 78.5 Å². The van der Waals surface area contributed by atoms with E-state index in [1.54, 1.807) is 6.08 Å². The third-order valence-electron chi connectivity index (χ3n) is 12.7. The number of aliphatic hydroxyl groups is 5. The SMILES string of the molecule is CCCCCCCCCCC/C=C/CC/C=C/CC/C=C/C(O)C(COC1OC(CO)C(O)C(OS(=O)(=O)O)C1O)NC(=O)C(O)CCCCCCCC/C=C\CCCCCCCCCCCC. The third kappa shape index (κ3) is 35.2. The van der Waals surface area contributed by atoms with E-state index >= 15 is 0 Å². The molecule has 1 aliphatic rings. The van der Waals surface area contributed by atoms with Crippen LogP contribution in [0.2, 0.25) is 0 Å². The molecule has 8 unspecified atom stereocenters. The summed E-state index contributed by atoms with van der Waals surface area (Å²) in [5, 5.41) is 55.4. The molecule has 0 radical (unpaired) electrons. The second-order valence-corrected chi connectivity index (χ2v) is 20.0. The molecule has 13 nitrogen and oxygen atoms in total. The summed E-state index contributed by atoms with van der Waals surface area (Å²) in [6.45, 7) is 3.21. The van der Waals surface area contributed by atoms with Crippen LogP contribution in [0.1, 0.15) is 226 Å². The summed E-state index contributed by atoms with van der Waals surface area (Å²) >= 11 is 0. The molecule has 1 heterocycles. The summed E-state index contributed by atoms with van der Waals surface area (Å²) in [5.41, 5.74) is 0. The van der Waals surface area contributed by atoms with E-state index in [1.165, 1.54) is 128 Å². The summed E-state index contributed by atoms with van der Waals surface area (Å²) in [5.74, 6) is -0.720. The smallest absolute Gasteiger partial charge is 0.394 e. The lowest BCUT2D eigenvalue weighted by Gasteiger charge is -2.41. The summed E-state index contributed by atoms with van der Waals surface area (Å²) in [4.78, 5) is 13.2. The fraction of sp³-hybridized carbons (Fsp3) is 0.833. The monoisotopic (exact) mass is 986 g/mol. The summed E-state index contributed by atoms with van der Waals surface area (Å²) < 4.78 is 47.7. The highest BCUT2D eigenvalue weighted by atomic mass is 32.3. The van der Waals surface area contributed by atoms with Crippen molar-refractivity contribution in [2.24, 2.45) is 0 Å². The normalized spacial score (nSPS) is 20.6. The van der Waals surface area contributed by atoms with Gasteiger partial charge in [-0.1, -0.05) is 204 Å². The molecular formula is C54H99NO12S. The molecule has 0 bridgehead atoms. The number of hydrogen-bond donors (Lipinski definition) is 7. The Morgan fingerprint density at radius 1 is 0.588 bits per heavy atom. The molecule has 0 aromatic carbocycles. The number of carbonyl (C=O) groups is 1. The van der Waals surface area contributed by atoms with Gasteiger partial charge in [-0.25, -0.2) is 4.18 Å². The van der Waals surface area contributed by atoms with Crippen LogP contribution in [0.15, 0.2) is 48.6 Å². The van der Waals surface area contributed by atoms with Gasteiger partial charge in [-0.3, -0.25) is 9.35 Å². The van der Waals surface area contributed by atoms with Crippen molar-refractivity contribution in [1.82, 2.24) is 5.32 Å².